The first kappa shape index (κ1) is 45.2. The van der Waals surface area contributed by atoms with Crippen LogP contribution in [0.1, 0.15) is 6.92 Å². The minimum absolute atomic E-state index is 0.0163. The Morgan fingerprint density at radius 1 is 0.531 bits per heavy atom. The van der Waals surface area contributed by atoms with Gasteiger partial charge in [-0.15, -0.1) is 0 Å². The number of hydrogen-bond acceptors (Lipinski definition) is 22. The van der Waals surface area contributed by atoms with Crippen molar-refractivity contribution in [1.82, 2.24) is 0 Å². The molecule has 8 rings (SSSR count). The Bertz CT molecular complexity index is 2820. The highest BCUT2D eigenvalue weighted by molar-refractivity contribution is 5.88. The van der Waals surface area contributed by atoms with Crippen LogP contribution in [0.25, 0.3) is 44.6 Å². The zero-order chi connectivity index (χ0) is 46.5. The number of fused-ring (bicyclic) bond motifs is 2. The van der Waals surface area contributed by atoms with Crippen LogP contribution in [-0.4, -0.2) is 140 Å². The maximum absolute atomic E-state index is 13.6. The fraction of sp³-hybridized carbons (Fsp3) is 0.286. The Morgan fingerprint density at radius 2 is 1.08 bits per heavy atom. The van der Waals surface area contributed by atoms with Gasteiger partial charge in [0, 0.05) is 41.5 Å². The van der Waals surface area contributed by atoms with Crippen LogP contribution in [0.4, 0.5) is 0 Å². The number of ether oxygens (including phenoxy) is 4. The van der Waals surface area contributed by atoms with Crippen molar-refractivity contribution in [2.45, 2.75) is 68.3 Å². The van der Waals surface area contributed by atoms with Crippen molar-refractivity contribution in [3.05, 3.63) is 87.2 Å². The van der Waals surface area contributed by atoms with E-state index < -0.39 is 119 Å². The van der Waals surface area contributed by atoms with E-state index in [1.165, 1.54) is 37.3 Å². The lowest BCUT2D eigenvalue weighted by molar-refractivity contribution is -0.318. The average molecular weight is 897 g/mol. The second-order valence-electron chi connectivity index (χ2n) is 14.8. The molecule has 2 saturated heterocycles. The quantitative estimate of drug-likeness (QED) is 0.0975. The molecule has 2 fully saturated rings. The van der Waals surface area contributed by atoms with E-state index in [2.05, 4.69) is 0 Å². The molecule has 6 aromatic rings. The molecule has 0 saturated carbocycles. The van der Waals surface area contributed by atoms with E-state index >= 15 is 0 Å². The first-order valence-corrected chi connectivity index (χ1v) is 19.0. The maximum atomic E-state index is 13.6. The van der Waals surface area contributed by atoms with Gasteiger partial charge >= 0.3 is 0 Å². The molecule has 22 heteroatoms. The Hall–Kier alpha value is -6.86. The summed E-state index contributed by atoms with van der Waals surface area (Å²) in [6.07, 6.45) is -16.2. The molecular formula is C42H40O22. The van der Waals surface area contributed by atoms with Crippen LogP contribution < -0.4 is 15.6 Å². The number of phenolic OH excluding ortho intramolecular Hbond substituents is 8. The molecule has 0 unspecified atom stereocenters. The first-order valence-electron chi connectivity index (χ1n) is 19.0. The zero-order valence-electron chi connectivity index (χ0n) is 32.9. The average Bonchev–Trinajstić information content (AvgIpc) is 3.23. The molecule has 0 aliphatic carbocycles. The second-order valence-corrected chi connectivity index (χ2v) is 14.8. The van der Waals surface area contributed by atoms with Gasteiger partial charge in [0.1, 0.15) is 93.4 Å². The van der Waals surface area contributed by atoms with E-state index in [4.69, 9.17) is 27.8 Å². The van der Waals surface area contributed by atoms with E-state index in [1.807, 2.05) is 0 Å². The maximum Gasteiger partial charge on any atom is 0.239 e. The Morgan fingerprint density at radius 3 is 1.70 bits per heavy atom. The van der Waals surface area contributed by atoms with Gasteiger partial charge in [0.2, 0.25) is 17.5 Å². The van der Waals surface area contributed by atoms with E-state index in [-0.39, 0.29) is 50.9 Å². The van der Waals surface area contributed by atoms with Crippen LogP contribution in [-0.2, 0) is 14.2 Å². The smallest absolute Gasteiger partial charge is 0.239 e. The topological polar surface area (TPSA) is 381 Å². The summed E-state index contributed by atoms with van der Waals surface area (Å²) in [5, 5.41) is 139. The molecule has 0 radical (unpaired) electrons. The van der Waals surface area contributed by atoms with Gasteiger partial charge in [-0.05, 0) is 43.3 Å². The fourth-order valence-electron chi connectivity index (χ4n) is 6.91. The van der Waals surface area contributed by atoms with Crippen LogP contribution in [0, 0.1) is 0 Å². The van der Waals surface area contributed by atoms with Crippen molar-refractivity contribution in [3.63, 3.8) is 0 Å². The van der Waals surface area contributed by atoms with E-state index in [9.17, 15) is 81.1 Å². The number of benzene rings is 4. The Kier molecular flexibility index (Phi) is 12.5. The molecule has 0 bridgehead atoms. The largest absolute Gasteiger partial charge is 0.508 e. The summed E-state index contributed by atoms with van der Waals surface area (Å²) in [5.74, 6) is -4.46. The molecule has 64 heavy (non-hydrogen) atoms. The van der Waals surface area contributed by atoms with Crippen LogP contribution in [0.5, 0.6) is 51.7 Å². The predicted molar refractivity (Wildman–Crippen MR) is 215 cm³/mol. The summed E-state index contributed by atoms with van der Waals surface area (Å²) >= 11 is 0. The van der Waals surface area contributed by atoms with Crippen LogP contribution in [0.3, 0.4) is 0 Å². The third kappa shape index (κ3) is 8.72. The molecule has 22 nitrogen and oxygen atoms in total. The lowest BCUT2D eigenvalue weighted by atomic mass is 9.98. The van der Waals surface area contributed by atoms with Gasteiger partial charge in [0.25, 0.3) is 0 Å². The van der Waals surface area contributed by atoms with Gasteiger partial charge < -0.3 is 99.3 Å². The van der Waals surface area contributed by atoms with Gasteiger partial charge in [-0.1, -0.05) is 0 Å². The summed E-state index contributed by atoms with van der Waals surface area (Å²) in [6, 6.07) is 12.6. The van der Waals surface area contributed by atoms with E-state index in [0.29, 0.717) is 5.56 Å². The summed E-state index contributed by atoms with van der Waals surface area (Å²) in [7, 11) is 0. The van der Waals surface area contributed by atoms with Crippen molar-refractivity contribution in [2.75, 3.05) is 6.61 Å². The SMILES string of the molecule is C[C@@H]1O[C@@H](OC[C@H]2O[C@@H](Oc3c(-c4ccc(O)c(O)c4)oc4cc(O)cc(O)c4c3=O)[C@H](O)[C@@H](O)[C@@H]2O)[C@H](O)[C@H](O)[C@H]1O.O=c1cc(-c2ccc(O)c(O)c2)oc2cc(O)cc(O)c12. The predicted octanol–water partition coefficient (Wildman–Crippen LogP) is 0.595. The molecule has 2 aliphatic rings. The number of aliphatic hydroxyl groups is 6. The van der Waals surface area contributed by atoms with Crippen LogP contribution in [0.2, 0.25) is 0 Å². The minimum atomic E-state index is -1.97. The lowest BCUT2D eigenvalue weighted by Crippen LogP contribution is -2.61. The molecule has 4 heterocycles. The van der Waals surface area contributed by atoms with E-state index in [0.717, 1.165) is 36.4 Å². The number of hydrogen-bond donors (Lipinski definition) is 14. The van der Waals surface area contributed by atoms with Gasteiger partial charge in [0.05, 0.1) is 12.7 Å². The number of rotatable bonds is 7. The molecule has 2 aliphatic heterocycles. The van der Waals surface area contributed by atoms with Crippen molar-refractivity contribution in [3.8, 4) is 74.4 Å². The fourth-order valence-corrected chi connectivity index (χ4v) is 6.91. The first-order chi connectivity index (χ1) is 30.2. The second kappa shape index (κ2) is 17.7. The number of aromatic hydroxyl groups is 8. The summed E-state index contributed by atoms with van der Waals surface area (Å²) in [5.41, 5.74) is -1.45. The molecule has 0 spiro atoms. The van der Waals surface area contributed by atoms with Crippen molar-refractivity contribution in [1.29, 1.82) is 0 Å². The highest BCUT2D eigenvalue weighted by atomic mass is 16.7. The van der Waals surface area contributed by atoms with Gasteiger partial charge in [-0.3, -0.25) is 9.59 Å². The number of aliphatic hydroxyl groups excluding tert-OH is 6. The van der Waals surface area contributed by atoms with Crippen molar-refractivity contribution in [2.24, 2.45) is 0 Å². The van der Waals surface area contributed by atoms with Crippen LogP contribution >= 0.6 is 0 Å². The molecule has 340 valence electrons. The zero-order valence-corrected chi connectivity index (χ0v) is 32.9. The molecule has 14 N–H and O–H groups in total. The third-order valence-electron chi connectivity index (χ3n) is 10.3. The lowest BCUT2D eigenvalue weighted by Gasteiger charge is -2.42. The highest BCUT2D eigenvalue weighted by Gasteiger charge is 2.48. The number of phenols is 8. The third-order valence-corrected chi connectivity index (χ3v) is 10.3. The van der Waals surface area contributed by atoms with Crippen molar-refractivity contribution < 1.29 is 99.3 Å². The van der Waals surface area contributed by atoms with E-state index in [1.54, 1.807) is 0 Å². The van der Waals surface area contributed by atoms with Gasteiger partial charge in [0.15, 0.2) is 40.5 Å². The molecule has 2 aromatic heterocycles. The standard InChI is InChI=1S/C27H30O16.C15H10O6/c1-8-17(32)20(35)22(37)26(40-8)39-7-15-18(33)21(36)23(38)27(42-15)43-25-19(34)16-13(31)5-10(28)6-14(16)41-24(25)9-2-3-11(29)12(30)4-9;16-8-4-11(19)15-12(20)6-13(21-14(15)5-8)7-1-2-9(17)10(18)3-7/h2-6,8,15,17-18,20-23,26-33,35-38H,7H2,1H3;1-6,16-19H/t8-,15+,17-,18+,20+,21-,22+,23+,26+,27-;/m0./s1. The monoisotopic (exact) mass is 896 g/mol. The van der Waals surface area contributed by atoms with Gasteiger partial charge in [-0.2, -0.15) is 0 Å². The minimum Gasteiger partial charge on any atom is -0.508 e. The summed E-state index contributed by atoms with van der Waals surface area (Å²) < 4.78 is 33.3. The molecule has 10 atom stereocenters. The normalized spacial score (nSPS) is 25.7. The molecule has 4 aromatic carbocycles. The highest BCUT2D eigenvalue weighted by Crippen LogP contribution is 2.40. The Labute approximate surface area is 357 Å². The Balaban J connectivity index is 0.000000243. The van der Waals surface area contributed by atoms with Crippen LogP contribution in [0.15, 0.2) is 85.2 Å². The summed E-state index contributed by atoms with van der Waals surface area (Å²) in [4.78, 5) is 25.6. The summed E-state index contributed by atoms with van der Waals surface area (Å²) in [6.45, 7) is 0.818. The molecule has 0 amide bonds. The van der Waals surface area contributed by atoms with Gasteiger partial charge in [-0.25, -0.2) is 0 Å². The van der Waals surface area contributed by atoms with Crippen molar-refractivity contribution >= 4 is 21.9 Å². The molecular weight excluding hydrogens is 856 g/mol.